The van der Waals surface area contributed by atoms with Gasteiger partial charge in [-0.25, -0.2) is 4.79 Å². The van der Waals surface area contributed by atoms with Gasteiger partial charge in [0.15, 0.2) is 0 Å². The largest absolute Gasteiger partial charge is 0.423 e. The van der Waals surface area contributed by atoms with Gasteiger partial charge in [0, 0.05) is 23.2 Å². The molecule has 0 fully saturated rings. The molecule has 0 amide bonds. The zero-order chi connectivity index (χ0) is 17.9. The zero-order valence-corrected chi connectivity index (χ0v) is 12.9. The van der Waals surface area contributed by atoms with Crippen LogP contribution in [0.4, 0.5) is 5.69 Å². The second-order valence-corrected chi connectivity index (χ2v) is 5.50. The van der Waals surface area contributed by atoms with Gasteiger partial charge in [0.1, 0.15) is 36.2 Å². The van der Waals surface area contributed by atoms with Crippen molar-refractivity contribution in [3.8, 4) is 0 Å². The number of benzene rings is 1. The van der Waals surface area contributed by atoms with Crippen LogP contribution in [0.1, 0.15) is 5.56 Å². The lowest BCUT2D eigenvalue weighted by atomic mass is 10.0. The molecule has 0 bridgehead atoms. The number of fused-ring (bicyclic) bond motifs is 1. The Bertz CT molecular complexity index is 773. The second-order valence-electron chi connectivity index (χ2n) is 5.50. The standard InChI is InChI=1S/C16H19NO7/c1-8-4-14(21)24-13-5-9(2-3-10(8)13)17-11(6-18)15(22)16(23)12(20)7-19/h2-6,11-12,15-17,19-20,22-23H,7H2,1H3/t11-,12+,15+,16+/m0/s1. The molecular weight excluding hydrogens is 318 g/mol. The zero-order valence-electron chi connectivity index (χ0n) is 12.9. The third-order valence-electron chi connectivity index (χ3n) is 3.73. The van der Waals surface area contributed by atoms with E-state index in [9.17, 15) is 24.9 Å². The summed E-state index contributed by atoms with van der Waals surface area (Å²) in [4.78, 5) is 22.6. The summed E-state index contributed by atoms with van der Waals surface area (Å²) in [6.07, 6.45) is -4.57. The van der Waals surface area contributed by atoms with Gasteiger partial charge in [0.05, 0.1) is 6.61 Å². The summed E-state index contributed by atoms with van der Waals surface area (Å²) in [6, 6.07) is 4.91. The molecule has 8 nitrogen and oxygen atoms in total. The number of aryl methyl sites for hydroxylation is 1. The summed E-state index contributed by atoms with van der Waals surface area (Å²) in [5.74, 6) is 0. The molecule has 2 rings (SSSR count). The molecule has 0 unspecified atom stereocenters. The van der Waals surface area contributed by atoms with Crippen molar-refractivity contribution in [2.45, 2.75) is 31.3 Å². The predicted octanol–water partition coefficient (Wildman–Crippen LogP) is -0.844. The maximum atomic E-state index is 11.4. The van der Waals surface area contributed by atoms with Crippen LogP contribution in [0, 0.1) is 6.92 Å². The monoisotopic (exact) mass is 337 g/mol. The van der Waals surface area contributed by atoms with Crippen molar-refractivity contribution in [2.24, 2.45) is 0 Å². The molecule has 8 heteroatoms. The van der Waals surface area contributed by atoms with Crippen LogP contribution in [0.2, 0.25) is 0 Å². The van der Waals surface area contributed by atoms with Crippen molar-refractivity contribution < 1.29 is 29.6 Å². The number of carbonyl (C=O) groups excluding carboxylic acids is 1. The van der Waals surface area contributed by atoms with Gasteiger partial charge in [-0.2, -0.15) is 0 Å². The average molecular weight is 337 g/mol. The average Bonchev–Trinajstić information content (AvgIpc) is 2.57. The van der Waals surface area contributed by atoms with Crippen molar-refractivity contribution in [3.05, 3.63) is 40.2 Å². The van der Waals surface area contributed by atoms with E-state index in [2.05, 4.69) is 5.32 Å². The van der Waals surface area contributed by atoms with Crippen molar-refractivity contribution in [1.82, 2.24) is 0 Å². The van der Waals surface area contributed by atoms with Gasteiger partial charge in [0.2, 0.25) is 0 Å². The lowest BCUT2D eigenvalue weighted by Gasteiger charge is -2.26. The number of aliphatic hydroxyl groups excluding tert-OH is 4. The maximum absolute atomic E-state index is 11.4. The van der Waals surface area contributed by atoms with Crippen molar-refractivity contribution >= 4 is 22.9 Å². The first kappa shape index (κ1) is 18.1. The van der Waals surface area contributed by atoms with E-state index < -0.39 is 36.6 Å². The van der Waals surface area contributed by atoms with E-state index in [4.69, 9.17) is 9.52 Å². The topological polar surface area (TPSA) is 140 Å². The Morgan fingerprint density at radius 1 is 1.21 bits per heavy atom. The Morgan fingerprint density at radius 3 is 2.54 bits per heavy atom. The summed E-state index contributed by atoms with van der Waals surface area (Å²) in [7, 11) is 0. The Labute approximate surface area is 137 Å². The Morgan fingerprint density at radius 2 is 1.92 bits per heavy atom. The number of hydrogen-bond acceptors (Lipinski definition) is 8. The summed E-state index contributed by atoms with van der Waals surface area (Å²) < 4.78 is 5.09. The molecule has 5 N–H and O–H groups in total. The molecule has 130 valence electrons. The number of nitrogens with one attached hydrogen (secondary N) is 1. The first-order valence-electron chi connectivity index (χ1n) is 7.28. The number of aldehydes is 1. The minimum absolute atomic E-state index is 0.306. The molecule has 0 saturated heterocycles. The number of carbonyl (C=O) groups is 1. The molecule has 1 aromatic carbocycles. The highest BCUT2D eigenvalue weighted by atomic mass is 16.4. The van der Waals surface area contributed by atoms with E-state index >= 15 is 0 Å². The Kier molecular flexibility index (Phi) is 5.68. The number of anilines is 1. The molecular formula is C16H19NO7. The van der Waals surface area contributed by atoms with Crippen LogP contribution in [0.3, 0.4) is 0 Å². The van der Waals surface area contributed by atoms with Crippen molar-refractivity contribution in [2.75, 3.05) is 11.9 Å². The van der Waals surface area contributed by atoms with E-state index in [1.165, 1.54) is 12.1 Å². The molecule has 4 atom stereocenters. The molecule has 24 heavy (non-hydrogen) atoms. The lowest BCUT2D eigenvalue weighted by Crippen LogP contribution is -2.49. The maximum Gasteiger partial charge on any atom is 0.336 e. The molecule has 2 aromatic rings. The van der Waals surface area contributed by atoms with Crippen molar-refractivity contribution in [1.29, 1.82) is 0 Å². The fourth-order valence-corrected chi connectivity index (χ4v) is 2.36. The molecule has 0 spiro atoms. The summed E-state index contributed by atoms with van der Waals surface area (Å²) in [6.45, 7) is 1.00. The smallest absolute Gasteiger partial charge is 0.336 e. The molecule has 0 aliphatic rings. The van der Waals surface area contributed by atoms with E-state index in [-0.39, 0.29) is 0 Å². The van der Waals surface area contributed by atoms with Crippen molar-refractivity contribution in [3.63, 3.8) is 0 Å². The van der Waals surface area contributed by atoms with Crippen LogP contribution in [0.5, 0.6) is 0 Å². The molecule has 0 aliphatic carbocycles. The summed E-state index contributed by atoms with van der Waals surface area (Å²) in [5.41, 5.74) is 0.907. The van der Waals surface area contributed by atoms with E-state index in [1.807, 2.05) is 0 Å². The van der Waals surface area contributed by atoms with Gasteiger partial charge in [-0.15, -0.1) is 0 Å². The highest BCUT2D eigenvalue weighted by molar-refractivity contribution is 5.83. The van der Waals surface area contributed by atoms with Crippen LogP contribution < -0.4 is 10.9 Å². The van der Waals surface area contributed by atoms with Gasteiger partial charge in [-0.1, -0.05) is 0 Å². The van der Waals surface area contributed by atoms with E-state index in [0.29, 0.717) is 17.6 Å². The third kappa shape index (κ3) is 3.80. The highest BCUT2D eigenvalue weighted by Gasteiger charge is 2.31. The predicted molar refractivity (Wildman–Crippen MR) is 85.8 cm³/mol. The first-order chi connectivity index (χ1) is 11.4. The highest BCUT2D eigenvalue weighted by Crippen LogP contribution is 2.21. The van der Waals surface area contributed by atoms with Gasteiger partial charge in [0.25, 0.3) is 0 Å². The van der Waals surface area contributed by atoms with Crippen LogP contribution in [0.15, 0.2) is 33.5 Å². The van der Waals surface area contributed by atoms with Crippen LogP contribution >= 0.6 is 0 Å². The number of aliphatic hydroxyl groups is 4. The number of hydrogen-bond donors (Lipinski definition) is 5. The quantitative estimate of drug-likeness (QED) is 0.325. The van der Waals surface area contributed by atoms with Crippen LogP contribution in [0.25, 0.3) is 11.0 Å². The third-order valence-corrected chi connectivity index (χ3v) is 3.73. The molecule has 0 radical (unpaired) electrons. The number of rotatable bonds is 7. The van der Waals surface area contributed by atoms with Crippen LogP contribution in [-0.4, -0.2) is 57.7 Å². The minimum Gasteiger partial charge on any atom is -0.423 e. The molecule has 0 saturated carbocycles. The first-order valence-corrected chi connectivity index (χ1v) is 7.28. The Balaban J connectivity index is 2.26. The summed E-state index contributed by atoms with van der Waals surface area (Å²) in [5, 5.41) is 41.2. The minimum atomic E-state index is -1.71. The van der Waals surface area contributed by atoms with E-state index in [0.717, 1.165) is 10.9 Å². The van der Waals surface area contributed by atoms with Gasteiger partial charge in [-0.05, 0) is 24.6 Å². The Hall–Kier alpha value is -2.26. The SMILES string of the molecule is Cc1cc(=O)oc2cc(N[C@@H](C=O)[C@@H](O)[C@H](O)[C@H](O)CO)ccc12. The normalized spacial score (nSPS) is 16.4. The fraction of sp³-hybridized carbons (Fsp3) is 0.375. The summed E-state index contributed by atoms with van der Waals surface area (Å²) >= 11 is 0. The lowest BCUT2D eigenvalue weighted by molar-refractivity contribution is -0.117. The molecule has 0 aliphatic heterocycles. The van der Waals surface area contributed by atoms with Gasteiger partial charge in [-0.3, -0.25) is 0 Å². The molecule has 1 heterocycles. The van der Waals surface area contributed by atoms with E-state index in [1.54, 1.807) is 19.1 Å². The van der Waals surface area contributed by atoms with Gasteiger partial charge < -0.3 is 35.0 Å². The second kappa shape index (κ2) is 7.54. The van der Waals surface area contributed by atoms with Gasteiger partial charge >= 0.3 is 5.63 Å². The van der Waals surface area contributed by atoms with Crippen LogP contribution in [-0.2, 0) is 4.79 Å². The molecule has 1 aromatic heterocycles. The fourth-order valence-electron chi connectivity index (χ4n) is 2.36.